The number of benzene rings is 1. The fourth-order valence-corrected chi connectivity index (χ4v) is 1.78. The van der Waals surface area contributed by atoms with E-state index in [1.165, 1.54) is 5.56 Å². The number of H-pyrrole nitrogens is 1. The third-order valence-electron chi connectivity index (χ3n) is 2.83. The molecule has 3 heteroatoms. The smallest absolute Gasteiger partial charge is 0.202 e. The summed E-state index contributed by atoms with van der Waals surface area (Å²) in [4.78, 5) is 14.1. The van der Waals surface area contributed by atoms with Crippen molar-refractivity contribution in [1.82, 2.24) is 4.98 Å². The quantitative estimate of drug-likeness (QED) is 0.762. The van der Waals surface area contributed by atoms with Gasteiger partial charge in [-0.1, -0.05) is 12.1 Å². The number of hydrogen-bond acceptors (Lipinski definition) is 2. The first-order chi connectivity index (χ1) is 7.19. The summed E-state index contributed by atoms with van der Waals surface area (Å²) >= 11 is 0. The number of carbonyl (C=O) groups is 1. The molecular formula is C12H13NO2. The molecule has 0 aliphatic carbocycles. The zero-order chi connectivity index (χ0) is 11.0. The lowest BCUT2D eigenvalue weighted by atomic mass is 10.1. The lowest BCUT2D eigenvalue weighted by molar-refractivity contribution is 0.112. The molecule has 0 radical (unpaired) electrons. The zero-order valence-electron chi connectivity index (χ0n) is 9.05. The van der Waals surface area contributed by atoms with Gasteiger partial charge in [0, 0.05) is 5.39 Å². The first-order valence-electron chi connectivity index (χ1n) is 4.80. The van der Waals surface area contributed by atoms with Gasteiger partial charge in [0.15, 0.2) is 6.29 Å². The highest BCUT2D eigenvalue weighted by atomic mass is 16.5. The van der Waals surface area contributed by atoms with Gasteiger partial charge in [0.25, 0.3) is 0 Å². The molecule has 2 aromatic rings. The summed E-state index contributed by atoms with van der Waals surface area (Å²) in [5.41, 5.74) is 3.92. The fraction of sp³-hybridized carbons (Fsp3) is 0.250. The van der Waals surface area contributed by atoms with E-state index in [1.54, 1.807) is 7.11 Å². The van der Waals surface area contributed by atoms with Gasteiger partial charge >= 0.3 is 0 Å². The monoisotopic (exact) mass is 203 g/mol. The van der Waals surface area contributed by atoms with E-state index < -0.39 is 0 Å². The minimum absolute atomic E-state index is 0.536. The Bertz CT molecular complexity index is 526. The molecule has 0 bridgehead atoms. The first-order valence-corrected chi connectivity index (χ1v) is 4.80. The van der Waals surface area contributed by atoms with E-state index in [2.05, 4.69) is 4.98 Å². The Kier molecular flexibility index (Phi) is 2.23. The molecule has 1 N–H and O–H groups in total. The molecule has 3 nitrogen and oxygen atoms in total. The molecule has 0 amide bonds. The molecule has 0 unspecified atom stereocenters. The number of rotatable bonds is 2. The Hall–Kier alpha value is -1.77. The summed E-state index contributed by atoms with van der Waals surface area (Å²) < 4.78 is 5.13. The number of aryl methyl sites for hydroxylation is 2. The average Bonchev–Trinajstić information content (AvgIpc) is 2.61. The minimum atomic E-state index is 0.536. The molecule has 1 aromatic carbocycles. The van der Waals surface area contributed by atoms with Crippen LogP contribution in [0.4, 0.5) is 0 Å². The second kappa shape index (κ2) is 3.42. The van der Waals surface area contributed by atoms with Crippen LogP contribution in [0, 0.1) is 13.8 Å². The van der Waals surface area contributed by atoms with Gasteiger partial charge in [-0.2, -0.15) is 0 Å². The summed E-state index contributed by atoms with van der Waals surface area (Å²) in [6.07, 6.45) is 0.826. The summed E-state index contributed by atoms with van der Waals surface area (Å²) in [5, 5.41) is 0.921. The number of aromatic nitrogens is 1. The van der Waals surface area contributed by atoms with Crippen molar-refractivity contribution in [1.29, 1.82) is 0 Å². The Balaban J connectivity index is 2.87. The van der Waals surface area contributed by atoms with Crippen molar-refractivity contribution < 1.29 is 9.53 Å². The van der Waals surface area contributed by atoms with Crippen LogP contribution < -0.4 is 4.74 Å². The van der Waals surface area contributed by atoms with Gasteiger partial charge < -0.3 is 9.72 Å². The van der Waals surface area contributed by atoms with Crippen molar-refractivity contribution in [2.75, 3.05) is 7.11 Å². The molecule has 0 fully saturated rings. The van der Waals surface area contributed by atoms with E-state index in [0.717, 1.165) is 22.8 Å². The number of nitrogens with one attached hydrogen (secondary N) is 1. The van der Waals surface area contributed by atoms with Crippen LogP contribution in [0.2, 0.25) is 0 Å². The molecule has 0 saturated heterocycles. The number of fused-ring (bicyclic) bond motifs is 1. The van der Waals surface area contributed by atoms with Crippen LogP contribution in [-0.4, -0.2) is 18.4 Å². The Morgan fingerprint density at radius 1 is 1.33 bits per heavy atom. The molecule has 2 rings (SSSR count). The molecule has 78 valence electrons. The molecule has 0 spiro atoms. The second-order valence-electron chi connectivity index (χ2n) is 3.62. The van der Waals surface area contributed by atoms with Crippen LogP contribution in [0.5, 0.6) is 5.88 Å². The number of methoxy groups -OCH3 is 1. The van der Waals surface area contributed by atoms with Crippen LogP contribution >= 0.6 is 0 Å². The maximum atomic E-state index is 11.0. The summed E-state index contributed by atoms with van der Waals surface area (Å²) in [6.45, 7) is 4.07. The third kappa shape index (κ3) is 1.31. The maximum absolute atomic E-state index is 11.0. The molecule has 0 saturated carbocycles. The highest BCUT2D eigenvalue weighted by Gasteiger charge is 2.13. The molecule has 1 aromatic heterocycles. The van der Waals surface area contributed by atoms with Crippen molar-refractivity contribution in [3.05, 3.63) is 28.8 Å². The second-order valence-corrected chi connectivity index (χ2v) is 3.62. The van der Waals surface area contributed by atoms with Gasteiger partial charge in [0.1, 0.15) is 0 Å². The van der Waals surface area contributed by atoms with Gasteiger partial charge in [-0.3, -0.25) is 4.79 Å². The van der Waals surface area contributed by atoms with E-state index in [0.29, 0.717) is 11.4 Å². The van der Waals surface area contributed by atoms with Gasteiger partial charge in [-0.15, -0.1) is 0 Å². The molecule has 1 heterocycles. The molecular weight excluding hydrogens is 190 g/mol. The van der Waals surface area contributed by atoms with E-state index in [9.17, 15) is 4.79 Å². The van der Waals surface area contributed by atoms with E-state index in [-0.39, 0.29) is 0 Å². The van der Waals surface area contributed by atoms with Crippen LogP contribution in [0.1, 0.15) is 21.5 Å². The van der Waals surface area contributed by atoms with Crippen molar-refractivity contribution in [3.63, 3.8) is 0 Å². The van der Waals surface area contributed by atoms with Gasteiger partial charge in [-0.05, 0) is 25.0 Å². The number of ether oxygens (including phenoxy) is 1. The Morgan fingerprint density at radius 3 is 2.67 bits per heavy atom. The van der Waals surface area contributed by atoms with Crippen molar-refractivity contribution in [2.24, 2.45) is 0 Å². The van der Waals surface area contributed by atoms with Crippen molar-refractivity contribution in [3.8, 4) is 5.88 Å². The van der Waals surface area contributed by atoms with Gasteiger partial charge in [-0.25, -0.2) is 0 Å². The largest absolute Gasteiger partial charge is 0.482 e. The van der Waals surface area contributed by atoms with Crippen LogP contribution in [0.15, 0.2) is 12.1 Å². The summed E-state index contributed by atoms with van der Waals surface area (Å²) in [7, 11) is 1.56. The van der Waals surface area contributed by atoms with E-state index >= 15 is 0 Å². The highest BCUT2D eigenvalue weighted by Crippen LogP contribution is 2.29. The minimum Gasteiger partial charge on any atom is -0.482 e. The molecule has 0 aliphatic rings. The summed E-state index contributed by atoms with van der Waals surface area (Å²) in [5.74, 6) is 0.536. The van der Waals surface area contributed by atoms with Crippen LogP contribution in [0.25, 0.3) is 10.9 Å². The number of carbonyl (C=O) groups excluding carboxylic acids is 1. The predicted molar refractivity (Wildman–Crippen MR) is 59.7 cm³/mol. The number of hydrogen-bond donors (Lipinski definition) is 1. The standard InChI is InChI=1S/C12H13NO2/c1-7-4-5-9-10(6-14)12(15-3)13-11(9)8(7)2/h4-6,13H,1-3H3. The van der Waals surface area contributed by atoms with Crippen molar-refractivity contribution in [2.45, 2.75) is 13.8 Å². The average molecular weight is 203 g/mol. The molecule has 0 atom stereocenters. The Labute approximate surface area is 88.1 Å². The normalized spacial score (nSPS) is 10.6. The lowest BCUT2D eigenvalue weighted by Gasteiger charge is -2.00. The fourth-order valence-electron chi connectivity index (χ4n) is 1.78. The summed E-state index contributed by atoms with van der Waals surface area (Å²) in [6, 6.07) is 3.96. The maximum Gasteiger partial charge on any atom is 0.202 e. The van der Waals surface area contributed by atoms with E-state index in [1.807, 2.05) is 26.0 Å². The van der Waals surface area contributed by atoms with E-state index in [4.69, 9.17) is 4.74 Å². The topological polar surface area (TPSA) is 42.1 Å². The predicted octanol–water partition coefficient (Wildman–Crippen LogP) is 2.61. The SMILES string of the molecule is COc1[nH]c2c(C)c(C)ccc2c1C=O. The lowest BCUT2D eigenvalue weighted by Crippen LogP contribution is -1.86. The first kappa shape index (κ1) is 9.77. The van der Waals surface area contributed by atoms with Gasteiger partial charge in [0.05, 0.1) is 18.2 Å². The zero-order valence-corrected chi connectivity index (χ0v) is 9.05. The number of aldehydes is 1. The van der Waals surface area contributed by atoms with Gasteiger partial charge in [0.2, 0.25) is 5.88 Å². The third-order valence-corrected chi connectivity index (χ3v) is 2.83. The van der Waals surface area contributed by atoms with Crippen molar-refractivity contribution >= 4 is 17.2 Å². The number of aromatic amines is 1. The Morgan fingerprint density at radius 2 is 2.07 bits per heavy atom. The van der Waals surface area contributed by atoms with Crippen LogP contribution in [0.3, 0.4) is 0 Å². The highest BCUT2D eigenvalue weighted by molar-refractivity contribution is 6.01. The van der Waals surface area contributed by atoms with Crippen LogP contribution in [-0.2, 0) is 0 Å². The molecule has 0 aliphatic heterocycles. The molecule has 15 heavy (non-hydrogen) atoms.